The minimum atomic E-state index is -0.696. The summed E-state index contributed by atoms with van der Waals surface area (Å²) >= 11 is 0. The second kappa shape index (κ2) is 8.40. The average Bonchev–Trinajstić information content (AvgIpc) is 2.24. The van der Waals surface area contributed by atoms with Crippen LogP contribution in [0, 0.1) is 0 Å². The van der Waals surface area contributed by atoms with E-state index >= 15 is 0 Å². The van der Waals surface area contributed by atoms with Crippen molar-refractivity contribution in [1.29, 1.82) is 0 Å². The number of carbonyl (C=O) groups is 1. The lowest BCUT2D eigenvalue weighted by Crippen LogP contribution is -2.14. The van der Waals surface area contributed by atoms with Crippen molar-refractivity contribution in [3.8, 4) is 0 Å². The minimum Gasteiger partial charge on any atom is -0.435 e. The summed E-state index contributed by atoms with van der Waals surface area (Å²) in [5.41, 5.74) is 0.512. The molecule has 0 rings (SSSR count). The fourth-order valence-corrected chi connectivity index (χ4v) is 1.16. The Morgan fingerprint density at radius 3 is 2.20 bits per heavy atom. The van der Waals surface area contributed by atoms with E-state index in [1.54, 1.807) is 0 Å². The Bertz CT molecular complexity index is 216. The van der Waals surface area contributed by atoms with Crippen molar-refractivity contribution in [3.63, 3.8) is 0 Å². The van der Waals surface area contributed by atoms with Crippen molar-refractivity contribution in [3.05, 3.63) is 11.1 Å². The Morgan fingerprint density at radius 1 is 1.20 bits per heavy atom. The quantitative estimate of drug-likeness (QED) is 0.317. The largest absolute Gasteiger partial charge is 0.435 e. The molecule has 0 amide bonds. The van der Waals surface area contributed by atoms with Crippen LogP contribution in [-0.2, 0) is 9.53 Å². The summed E-state index contributed by atoms with van der Waals surface area (Å²) in [5.74, 6) is -0.677. The smallest absolute Gasteiger partial charge is 0.336 e. The van der Waals surface area contributed by atoms with E-state index in [9.17, 15) is 4.79 Å². The summed E-state index contributed by atoms with van der Waals surface area (Å²) in [6, 6.07) is 0. The Balaban J connectivity index is 4.68. The normalized spacial score (nSPS) is 9.87. The van der Waals surface area contributed by atoms with Gasteiger partial charge in [-0.3, -0.25) is 0 Å². The number of rotatable bonds is 7. The van der Waals surface area contributed by atoms with Crippen molar-refractivity contribution in [2.24, 2.45) is 0 Å². The van der Waals surface area contributed by atoms with Gasteiger partial charge in [-0.15, -0.1) is 0 Å². The highest BCUT2D eigenvalue weighted by molar-refractivity contribution is 5.89. The van der Waals surface area contributed by atoms with Gasteiger partial charge in [-0.2, -0.15) is 0 Å². The van der Waals surface area contributed by atoms with Gasteiger partial charge in [0, 0.05) is 5.57 Å². The molecule has 0 saturated carbocycles. The van der Waals surface area contributed by atoms with Gasteiger partial charge in [0.15, 0.2) is 6.79 Å². The lowest BCUT2D eigenvalue weighted by atomic mass is 10.0. The molecular formula is C10H18O5. The highest BCUT2D eigenvalue weighted by atomic mass is 16.6. The topological polar surface area (TPSA) is 87.0 Å². The van der Waals surface area contributed by atoms with Crippen molar-refractivity contribution in [2.45, 2.75) is 26.2 Å². The van der Waals surface area contributed by atoms with Crippen molar-refractivity contribution in [1.82, 2.24) is 0 Å². The number of aliphatic hydroxyl groups excluding tert-OH is 3. The minimum absolute atomic E-state index is 0.252. The molecule has 0 aromatic rings. The summed E-state index contributed by atoms with van der Waals surface area (Å²) in [6.07, 6.45) is 2.09. The Labute approximate surface area is 89.0 Å². The van der Waals surface area contributed by atoms with Crippen molar-refractivity contribution in [2.75, 3.05) is 20.0 Å². The standard InChI is InChI=1S/C10H18O5/c1-2-3-4-9(8(5-11)6-12)10(14)15-7-13/h11-13H,2-7H2,1H3. The van der Waals surface area contributed by atoms with Crippen LogP contribution < -0.4 is 0 Å². The fraction of sp³-hybridized carbons (Fsp3) is 0.700. The average molecular weight is 218 g/mol. The molecule has 0 unspecified atom stereocenters. The first-order valence-electron chi connectivity index (χ1n) is 4.91. The predicted molar refractivity (Wildman–Crippen MR) is 53.9 cm³/mol. The van der Waals surface area contributed by atoms with Gasteiger partial charge in [0.2, 0.25) is 0 Å². The first kappa shape index (κ1) is 14.1. The lowest BCUT2D eigenvalue weighted by molar-refractivity contribution is -0.147. The van der Waals surface area contributed by atoms with E-state index in [2.05, 4.69) is 4.74 Å². The molecule has 5 heteroatoms. The van der Waals surface area contributed by atoms with Crippen LogP contribution in [0.5, 0.6) is 0 Å². The van der Waals surface area contributed by atoms with E-state index in [-0.39, 0.29) is 24.4 Å². The fourth-order valence-electron chi connectivity index (χ4n) is 1.16. The molecule has 0 fully saturated rings. The molecule has 0 spiro atoms. The van der Waals surface area contributed by atoms with E-state index in [0.29, 0.717) is 6.42 Å². The molecule has 0 aliphatic rings. The highest BCUT2D eigenvalue weighted by Gasteiger charge is 2.15. The third-order valence-electron chi connectivity index (χ3n) is 2.03. The third kappa shape index (κ3) is 4.92. The Morgan fingerprint density at radius 2 is 1.80 bits per heavy atom. The van der Waals surface area contributed by atoms with Crippen LogP contribution in [-0.4, -0.2) is 41.3 Å². The van der Waals surface area contributed by atoms with E-state index in [0.717, 1.165) is 12.8 Å². The molecule has 0 bridgehead atoms. The molecule has 0 aromatic heterocycles. The van der Waals surface area contributed by atoms with Crippen LogP contribution in [0.15, 0.2) is 11.1 Å². The molecule has 15 heavy (non-hydrogen) atoms. The molecular weight excluding hydrogens is 200 g/mol. The van der Waals surface area contributed by atoms with Crippen LogP contribution in [0.4, 0.5) is 0 Å². The van der Waals surface area contributed by atoms with Crippen molar-refractivity contribution < 1.29 is 24.9 Å². The van der Waals surface area contributed by atoms with Gasteiger partial charge in [-0.1, -0.05) is 13.3 Å². The first-order chi connectivity index (χ1) is 7.21. The van der Waals surface area contributed by atoms with Gasteiger partial charge in [0.25, 0.3) is 0 Å². The van der Waals surface area contributed by atoms with Crippen molar-refractivity contribution >= 4 is 5.97 Å². The molecule has 0 aromatic carbocycles. The number of esters is 1. The Kier molecular flexibility index (Phi) is 7.89. The molecule has 0 saturated heterocycles. The van der Waals surface area contributed by atoms with Gasteiger partial charge in [-0.25, -0.2) is 4.79 Å². The van der Waals surface area contributed by atoms with Crippen LogP contribution in [0.25, 0.3) is 0 Å². The maximum atomic E-state index is 11.3. The molecule has 0 radical (unpaired) electrons. The van der Waals surface area contributed by atoms with Gasteiger partial charge in [0.05, 0.1) is 13.2 Å². The zero-order valence-electron chi connectivity index (χ0n) is 8.90. The van der Waals surface area contributed by atoms with Crippen LogP contribution >= 0.6 is 0 Å². The second-order valence-electron chi connectivity index (χ2n) is 3.06. The number of carbonyl (C=O) groups excluding carboxylic acids is 1. The summed E-state index contributed by atoms with van der Waals surface area (Å²) in [6.45, 7) is 0.511. The highest BCUT2D eigenvalue weighted by Crippen LogP contribution is 2.14. The number of ether oxygens (including phenoxy) is 1. The SMILES string of the molecule is CCCCC(C(=O)OCO)=C(CO)CO. The predicted octanol–water partition coefficient (Wildman–Crippen LogP) is -0.0492. The van der Waals surface area contributed by atoms with Crippen LogP contribution in [0.2, 0.25) is 0 Å². The van der Waals surface area contributed by atoms with E-state index in [1.807, 2.05) is 6.92 Å². The Hall–Kier alpha value is -0.910. The number of unbranched alkanes of at least 4 members (excludes halogenated alkanes) is 1. The summed E-state index contributed by atoms with van der Waals surface area (Å²) < 4.78 is 4.42. The number of hydrogen-bond acceptors (Lipinski definition) is 5. The molecule has 0 aliphatic carbocycles. The molecule has 3 N–H and O–H groups in total. The molecule has 0 atom stereocenters. The zero-order chi connectivity index (χ0) is 11.7. The zero-order valence-corrected chi connectivity index (χ0v) is 8.90. The summed E-state index contributed by atoms with van der Waals surface area (Å²) in [5, 5.41) is 26.3. The lowest BCUT2D eigenvalue weighted by Gasteiger charge is -2.10. The van der Waals surface area contributed by atoms with Gasteiger partial charge in [0.1, 0.15) is 0 Å². The van der Waals surface area contributed by atoms with E-state index in [4.69, 9.17) is 15.3 Å². The van der Waals surface area contributed by atoms with Crippen LogP contribution in [0.3, 0.4) is 0 Å². The molecule has 88 valence electrons. The monoisotopic (exact) mass is 218 g/mol. The van der Waals surface area contributed by atoms with E-state index < -0.39 is 12.8 Å². The number of aliphatic hydroxyl groups is 3. The van der Waals surface area contributed by atoms with Gasteiger partial charge in [-0.05, 0) is 18.4 Å². The van der Waals surface area contributed by atoms with E-state index in [1.165, 1.54) is 0 Å². The summed E-state index contributed by atoms with van der Waals surface area (Å²) in [4.78, 5) is 11.3. The molecule has 5 nitrogen and oxygen atoms in total. The maximum Gasteiger partial charge on any atom is 0.336 e. The molecule has 0 aliphatic heterocycles. The summed E-state index contributed by atoms with van der Waals surface area (Å²) in [7, 11) is 0. The second-order valence-corrected chi connectivity index (χ2v) is 3.06. The van der Waals surface area contributed by atoms with Gasteiger partial charge < -0.3 is 20.1 Å². The maximum absolute atomic E-state index is 11.3. The van der Waals surface area contributed by atoms with Crippen LogP contribution in [0.1, 0.15) is 26.2 Å². The first-order valence-corrected chi connectivity index (χ1v) is 4.91. The van der Waals surface area contributed by atoms with Gasteiger partial charge >= 0.3 is 5.97 Å². The molecule has 0 heterocycles. The third-order valence-corrected chi connectivity index (χ3v) is 2.03. The number of hydrogen-bond donors (Lipinski definition) is 3.